The Bertz CT molecular complexity index is 197. The molecule has 1 N–H and O–H groups in total. The van der Waals surface area contributed by atoms with Crippen molar-refractivity contribution in [3.63, 3.8) is 0 Å². The summed E-state index contributed by atoms with van der Waals surface area (Å²) in [5.74, 6) is 0. The molecule has 0 aromatic heterocycles. The number of hydrogen-bond acceptors (Lipinski definition) is 2. The van der Waals surface area contributed by atoms with Gasteiger partial charge in [-0.05, 0) is 37.6 Å². The van der Waals surface area contributed by atoms with Gasteiger partial charge in [-0.1, -0.05) is 6.08 Å². The molecule has 0 aromatic rings. The van der Waals surface area contributed by atoms with Gasteiger partial charge in [0.15, 0.2) is 0 Å². The number of rotatable bonds is 4. The molecule has 0 radical (unpaired) electrons. The zero-order chi connectivity index (χ0) is 9.57. The van der Waals surface area contributed by atoms with E-state index in [1.807, 2.05) is 6.08 Å². The van der Waals surface area contributed by atoms with Crippen molar-refractivity contribution in [2.24, 2.45) is 5.41 Å². The van der Waals surface area contributed by atoms with Gasteiger partial charge in [0, 0.05) is 13.0 Å². The number of nitriles is 1. The molecule has 0 spiro atoms. The van der Waals surface area contributed by atoms with Crippen molar-refractivity contribution >= 4 is 0 Å². The first-order valence-electron chi connectivity index (χ1n) is 5.01. The highest BCUT2D eigenvalue weighted by atomic mass is 14.9. The maximum absolute atomic E-state index is 8.58. The molecule has 0 bridgehead atoms. The maximum atomic E-state index is 8.58. The van der Waals surface area contributed by atoms with E-state index in [9.17, 15) is 0 Å². The molecule has 1 heterocycles. The molecule has 0 saturated carbocycles. The van der Waals surface area contributed by atoms with Crippen molar-refractivity contribution in [1.82, 2.24) is 5.32 Å². The molecule has 0 unspecified atom stereocenters. The van der Waals surface area contributed by atoms with Gasteiger partial charge in [-0.25, -0.2) is 0 Å². The second-order valence-electron chi connectivity index (χ2n) is 3.93. The summed E-state index contributed by atoms with van der Waals surface area (Å²) in [5.41, 5.74) is 0.329. The van der Waals surface area contributed by atoms with E-state index in [1.165, 1.54) is 12.8 Å². The minimum atomic E-state index is 0.329. The highest BCUT2D eigenvalue weighted by molar-refractivity contribution is 4.92. The zero-order valence-corrected chi connectivity index (χ0v) is 8.18. The van der Waals surface area contributed by atoms with Crippen LogP contribution in [0.5, 0.6) is 0 Å². The topological polar surface area (TPSA) is 35.8 Å². The lowest BCUT2D eigenvalue weighted by Gasteiger charge is -2.36. The van der Waals surface area contributed by atoms with Gasteiger partial charge in [0.2, 0.25) is 0 Å². The molecule has 2 nitrogen and oxygen atoms in total. The van der Waals surface area contributed by atoms with Crippen molar-refractivity contribution in [3.8, 4) is 6.07 Å². The average Bonchev–Trinajstić information content (AvgIpc) is 2.17. The van der Waals surface area contributed by atoms with Crippen molar-refractivity contribution < 1.29 is 0 Å². The van der Waals surface area contributed by atoms with Crippen molar-refractivity contribution in [1.29, 1.82) is 5.26 Å². The minimum Gasteiger partial charge on any atom is -0.316 e. The van der Waals surface area contributed by atoms with Gasteiger partial charge in [-0.15, -0.1) is 6.58 Å². The third-order valence-corrected chi connectivity index (χ3v) is 2.91. The number of nitrogens with one attached hydrogen (secondary N) is 1. The molecular formula is C11H18N2. The van der Waals surface area contributed by atoms with E-state index in [4.69, 9.17) is 5.26 Å². The van der Waals surface area contributed by atoms with Gasteiger partial charge >= 0.3 is 0 Å². The fourth-order valence-corrected chi connectivity index (χ4v) is 2.15. The first-order chi connectivity index (χ1) is 6.33. The van der Waals surface area contributed by atoms with Crippen LogP contribution in [0.1, 0.15) is 32.1 Å². The molecule has 1 aliphatic heterocycles. The zero-order valence-electron chi connectivity index (χ0n) is 8.18. The molecular weight excluding hydrogens is 160 g/mol. The average molecular weight is 178 g/mol. The predicted molar refractivity (Wildman–Crippen MR) is 54.2 cm³/mol. The monoisotopic (exact) mass is 178 g/mol. The molecule has 0 aliphatic carbocycles. The first kappa shape index (κ1) is 10.3. The molecule has 72 valence electrons. The first-order valence-corrected chi connectivity index (χ1v) is 5.01. The van der Waals surface area contributed by atoms with Crippen LogP contribution < -0.4 is 5.32 Å². The van der Waals surface area contributed by atoms with Crippen LogP contribution in [0.15, 0.2) is 12.7 Å². The number of hydrogen-bond donors (Lipinski definition) is 1. The quantitative estimate of drug-likeness (QED) is 0.670. The van der Waals surface area contributed by atoms with Gasteiger partial charge in [0.25, 0.3) is 0 Å². The highest BCUT2D eigenvalue weighted by Crippen LogP contribution is 2.35. The molecule has 1 aliphatic rings. The Kier molecular flexibility index (Phi) is 3.98. The molecule has 0 aromatic carbocycles. The second kappa shape index (κ2) is 5.04. The molecule has 1 atom stereocenters. The van der Waals surface area contributed by atoms with Gasteiger partial charge in [0.05, 0.1) is 6.07 Å². The fraction of sp³-hybridized carbons (Fsp3) is 0.727. The Hall–Kier alpha value is -0.810. The SMILES string of the molecule is C=CC[C@]1(CCC#N)CCCNC1. The molecule has 13 heavy (non-hydrogen) atoms. The number of allylic oxidation sites excluding steroid dienone is 1. The van der Waals surface area contributed by atoms with Gasteiger partial charge in [0.1, 0.15) is 0 Å². The second-order valence-corrected chi connectivity index (χ2v) is 3.93. The molecule has 1 fully saturated rings. The lowest BCUT2D eigenvalue weighted by molar-refractivity contribution is 0.196. The van der Waals surface area contributed by atoms with Crippen LogP contribution in [0, 0.1) is 16.7 Å². The van der Waals surface area contributed by atoms with E-state index in [0.29, 0.717) is 11.8 Å². The standard InChI is InChI=1S/C11H18N2/c1-2-5-11(6-3-8-12)7-4-9-13-10-11/h2,13H,1,3-7,9-10H2/t11-/m0/s1. The van der Waals surface area contributed by atoms with Crippen LogP contribution >= 0.6 is 0 Å². The third kappa shape index (κ3) is 2.86. The van der Waals surface area contributed by atoms with Crippen LogP contribution in [-0.2, 0) is 0 Å². The minimum absolute atomic E-state index is 0.329. The number of nitrogens with zero attached hydrogens (tertiary/aromatic N) is 1. The Balaban J connectivity index is 2.51. The normalized spacial score (nSPS) is 27.9. The van der Waals surface area contributed by atoms with Crippen LogP contribution in [0.25, 0.3) is 0 Å². The van der Waals surface area contributed by atoms with Crippen LogP contribution in [0.3, 0.4) is 0 Å². The summed E-state index contributed by atoms with van der Waals surface area (Å²) in [5, 5.41) is 12.0. The Labute approximate surface area is 80.6 Å². The molecule has 2 heteroatoms. The van der Waals surface area contributed by atoms with Crippen molar-refractivity contribution in [2.45, 2.75) is 32.1 Å². The summed E-state index contributed by atoms with van der Waals surface area (Å²) in [6.07, 6.45) is 7.21. The maximum Gasteiger partial charge on any atom is 0.0621 e. The predicted octanol–water partition coefficient (Wildman–Crippen LogP) is 2.24. The summed E-state index contributed by atoms with van der Waals surface area (Å²) >= 11 is 0. The smallest absolute Gasteiger partial charge is 0.0621 e. The number of piperidine rings is 1. The summed E-state index contributed by atoms with van der Waals surface area (Å²) in [7, 11) is 0. The van der Waals surface area contributed by atoms with Gasteiger partial charge in [-0.2, -0.15) is 5.26 Å². The summed E-state index contributed by atoms with van der Waals surface area (Å²) < 4.78 is 0. The summed E-state index contributed by atoms with van der Waals surface area (Å²) in [6, 6.07) is 2.24. The summed E-state index contributed by atoms with van der Waals surface area (Å²) in [4.78, 5) is 0. The Morgan fingerprint density at radius 1 is 1.62 bits per heavy atom. The molecule has 1 rings (SSSR count). The van der Waals surface area contributed by atoms with E-state index in [2.05, 4.69) is 18.0 Å². The fourth-order valence-electron chi connectivity index (χ4n) is 2.15. The molecule has 1 saturated heterocycles. The van der Waals surface area contributed by atoms with Crippen LogP contribution in [0.4, 0.5) is 0 Å². The highest BCUT2D eigenvalue weighted by Gasteiger charge is 2.29. The molecule has 0 amide bonds. The van der Waals surface area contributed by atoms with Gasteiger partial charge in [-0.3, -0.25) is 0 Å². The largest absolute Gasteiger partial charge is 0.316 e. The van der Waals surface area contributed by atoms with Crippen LogP contribution in [0.2, 0.25) is 0 Å². The lowest BCUT2D eigenvalue weighted by atomic mass is 9.74. The Morgan fingerprint density at radius 2 is 2.46 bits per heavy atom. The van der Waals surface area contributed by atoms with Crippen molar-refractivity contribution in [3.05, 3.63) is 12.7 Å². The van der Waals surface area contributed by atoms with E-state index in [-0.39, 0.29) is 0 Å². The third-order valence-electron chi connectivity index (χ3n) is 2.91. The van der Waals surface area contributed by atoms with E-state index >= 15 is 0 Å². The van der Waals surface area contributed by atoms with Gasteiger partial charge < -0.3 is 5.32 Å². The van der Waals surface area contributed by atoms with E-state index < -0.39 is 0 Å². The van der Waals surface area contributed by atoms with Crippen molar-refractivity contribution in [2.75, 3.05) is 13.1 Å². The lowest BCUT2D eigenvalue weighted by Crippen LogP contribution is -2.39. The van der Waals surface area contributed by atoms with E-state index in [0.717, 1.165) is 25.9 Å². The van der Waals surface area contributed by atoms with E-state index in [1.54, 1.807) is 0 Å². The summed E-state index contributed by atoms with van der Waals surface area (Å²) in [6.45, 7) is 5.98. The Morgan fingerprint density at radius 3 is 3.00 bits per heavy atom. The van der Waals surface area contributed by atoms with Crippen LogP contribution in [-0.4, -0.2) is 13.1 Å².